The molecule has 1 aromatic carbocycles. The number of pyridine rings is 1. The van der Waals surface area contributed by atoms with Crippen LogP contribution in [0, 0.1) is 0 Å². The third kappa shape index (κ3) is 3.92. The number of phenols is 2. The maximum absolute atomic E-state index is 9.56. The van der Waals surface area contributed by atoms with Gasteiger partial charge in [-0.05, 0) is 36.5 Å². The standard InChI is InChI=1S/C13H12N4O2S/c18-11-4-3-9(12(19)6-11)7-15-17-13(20)16-10-2-1-5-14-8-10/h1-8,18-19H,(H2,16,17,20)/b15-7+. The molecule has 0 unspecified atom stereocenters. The molecule has 0 saturated carbocycles. The topological polar surface area (TPSA) is 89.8 Å². The number of nitrogens with zero attached hydrogens (tertiary/aromatic N) is 2. The minimum Gasteiger partial charge on any atom is -0.508 e. The number of anilines is 1. The highest BCUT2D eigenvalue weighted by Gasteiger charge is 1.99. The number of hydrogen-bond acceptors (Lipinski definition) is 5. The van der Waals surface area contributed by atoms with Crippen molar-refractivity contribution in [2.24, 2.45) is 5.10 Å². The molecule has 6 nitrogen and oxygen atoms in total. The van der Waals surface area contributed by atoms with Crippen LogP contribution >= 0.6 is 12.2 Å². The predicted molar refractivity (Wildman–Crippen MR) is 81.0 cm³/mol. The first-order chi connectivity index (χ1) is 9.65. The number of benzene rings is 1. The quantitative estimate of drug-likeness (QED) is 0.391. The third-order valence-electron chi connectivity index (χ3n) is 2.30. The molecule has 0 spiro atoms. The molecule has 1 aromatic heterocycles. The van der Waals surface area contributed by atoms with Gasteiger partial charge in [-0.1, -0.05) is 0 Å². The van der Waals surface area contributed by atoms with E-state index in [0.717, 1.165) is 5.69 Å². The maximum Gasteiger partial charge on any atom is 0.191 e. The van der Waals surface area contributed by atoms with Crippen molar-refractivity contribution in [1.29, 1.82) is 0 Å². The van der Waals surface area contributed by atoms with Gasteiger partial charge in [-0.15, -0.1) is 0 Å². The summed E-state index contributed by atoms with van der Waals surface area (Å²) < 4.78 is 0. The highest BCUT2D eigenvalue weighted by Crippen LogP contribution is 2.20. The molecule has 4 N–H and O–H groups in total. The number of nitrogens with one attached hydrogen (secondary N) is 2. The molecule has 2 rings (SSSR count). The second-order valence-electron chi connectivity index (χ2n) is 3.81. The van der Waals surface area contributed by atoms with Crippen LogP contribution in [0.2, 0.25) is 0 Å². The van der Waals surface area contributed by atoms with Crippen molar-refractivity contribution >= 4 is 29.2 Å². The van der Waals surface area contributed by atoms with Crippen molar-refractivity contribution in [1.82, 2.24) is 10.4 Å². The Morgan fingerprint density at radius 3 is 2.85 bits per heavy atom. The molecular formula is C13H12N4O2S. The van der Waals surface area contributed by atoms with Crippen molar-refractivity contribution in [3.63, 3.8) is 0 Å². The summed E-state index contributed by atoms with van der Waals surface area (Å²) in [7, 11) is 0. The van der Waals surface area contributed by atoms with Crippen LogP contribution in [-0.4, -0.2) is 26.5 Å². The number of rotatable bonds is 3. The van der Waals surface area contributed by atoms with Gasteiger partial charge in [0.1, 0.15) is 11.5 Å². The van der Waals surface area contributed by atoms with Crippen LogP contribution in [0.1, 0.15) is 5.56 Å². The summed E-state index contributed by atoms with van der Waals surface area (Å²) in [5, 5.41) is 25.8. The SMILES string of the molecule is Oc1ccc(/C=N/NC(=S)Nc2cccnc2)c(O)c1. The van der Waals surface area contributed by atoms with Crippen molar-refractivity contribution in [2.75, 3.05) is 5.32 Å². The lowest BCUT2D eigenvalue weighted by Crippen LogP contribution is -2.23. The number of hydrogen-bond donors (Lipinski definition) is 4. The highest BCUT2D eigenvalue weighted by molar-refractivity contribution is 7.80. The van der Waals surface area contributed by atoms with Gasteiger partial charge in [0.25, 0.3) is 0 Å². The fourth-order valence-corrected chi connectivity index (χ4v) is 1.57. The summed E-state index contributed by atoms with van der Waals surface area (Å²) in [5.41, 5.74) is 3.81. The number of aromatic hydroxyl groups is 2. The van der Waals surface area contributed by atoms with Gasteiger partial charge in [-0.3, -0.25) is 10.4 Å². The molecule has 1 heterocycles. The largest absolute Gasteiger partial charge is 0.508 e. The zero-order valence-corrected chi connectivity index (χ0v) is 11.1. The molecule has 102 valence electrons. The Kier molecular flexibility index (Phi) is 4.46. The van der Waals surface area contributed by atoms with Gasteiger partial charge in [-0.25, -0.2) is 0 Å². The molecule has 0 atom stereocenters. The number of hydrazone groups is 1. The molecule has 0 aliphatic rings. The van der Waals surface area contributed by atoms with Crippen LogP contribution in [0.3, 0.4) is 0 Å². The van der Waals surface area contributed by atoms with Crippen molar-refractivity contribution < 1.29 is 10.2 Å². The number of phenolic OH excluding ortho intramolecular Hbond substituents is 2. The van der Waals surface area contributed by atoms with Gasteiger partial charge in [0.05, 0.1) is 18.1 Å². The first kappa shape index (κ1) is 13.8. The van der Waals surface area contributed by atoms with E-state index in [4.69, 9.17) is 17.3 Å². The van der Waals surface area contributed by atoms with E-state index in [-0.39, 0.29) is 11.5 Å². The summed E-state index contributed by atoms with van der Waals surface area (Å²) in [6, 6.07) is 7.81. The molecule has 0 amide bonds. The van der Waals surface area contributed by atoms with E-state index >= 15 is 0 Å². The van der Waals surface area contributed by atoms with Crippen LogP contribution in [0.4, 0.5) is 5.69 Å². The molecule has 0 fully saturated rings. The van der Waals surface area contributed by atoms with E-state index in [1.807, 2.05) is 6.07 Å². The van der Waals surface area contributed by atoms with E-state index in [9.17, 15) is 5.11 Å². The average Bonchev–Trinajstić information content (AvgIpc) is 2.42. The second kappa shape index (κ2) is 6.48. The highest BCUT2D eigenvalue weighted by atomic mass is 32.1. The second-order valence-corrected chi connectivity index (χ2v) is 4.22. The third-order valence-corrected chi connectivity index (χ3v) is 2.50. The molecule has 0 bridgehead atoms. The lowest BCUT2D eigenvalue weighted by molar-refractivity contribution is 0.450. The molecule has 2 aromatic rings. The van der Waals surface area contributed by atoms with Gasteiger partial charge in [0, 0.05) is 17.8 Å². The smallest absolute Gasteiger partial charge is 0.191 e. The van der Waals surface area contributed by atoms with Crippen LogP contribution in [0.5, 0.6) is 11.5 Å². The Morgan fingerprint density at radius 1 is 1.30 bits per heavy atom. The summed E-state index contributed by atoms with van der Waals surface area (Å²) in [6.07, 6.45) is 4.68. The Balaban J connectivity index is 1.91. The lowest BCUT2D eigenvalue weighted by Gasteiger charge is -2.05. The summed E-state index contributed by atoms with van der Waals surface area (Å²) in [4.78, 5) is 3.94. The van der Waals surface area contributed by atoms with Crippen molar-refractivity contribution in [3.8, 4) is 11.5 Å². The van der Waals surface area contributed by atoms with E-state index < -0.39 is 0 Å². The monoisotopic (exact) mass is 288 g/mol. The minimum absolute atomic E-state index is 0.0126. The minimum atomic E-state index is -0.0679. The Labute approximate surface area is 120 Å². The normalized spacial score (nSPS) is 10.4. The molecule has 7 heteroatoms. The van der Waals surface area contributed by atoms with Gasteiger partial charge in [0.15, 0.2) is 5.11 Å². The lowest BCUT2D eigenvalue weighted by atomic mass is 10.2. The van der Waals surface area contributed by atoms with Crippen LogP contribution in [0.15, 0.2) is 47.8 Å². The van der Waals surface area contributed by atoms with Gasteiger partial charge in [-0.2, -0.15) is 5.10 Å². The molecule has 0 aliphatic heterocycles. The van der Waals surface area contributed by atoms with Crippen LogP contribution in [-0.2, 0) is 0 Å². The first-order valence-corrected chi connectivity index (χ1v) is 6.08. The summed E-state index contributed by atoms with van der Waals surface area (Å²) in [5.74, 6) is -0.0805. The van der Waals surface area contributed by atoms with Gasteiger partial charge in [0.2, 0.25) is 0 Å². The Morgan fingerprint density at radius 2 is 2.15 bits per heavy atom. The average molecular weight is 288 g/mol. The van der Waals surface area contributed by atoms with E-state index in [0.29, 0.717) is 10.7 Å². The van der Waals surface area contributed by atoms with Crippen molar-refractivity contribution in [2.45, 2.75) is 0 Å². The molecule has 0 radical (unpaired) electrons. The van der Waals surface area contributed by atoms with Gasteiger partial charge < -0.3 is 15.5 Å². The summed E-state index contributed by atoms with van der Waals surface area (Å²) in [6.45, 7) is 0. The molecule has 20 heavy (non-hydrogen) atoms. The fourth-order valence-electron chi connectivity index (χ4n) is 1.40. The molecule has 0 saturated heterocycles. The van der Waals surface area contributed by atoms with Crippen molar-refractivity contribution in [3.05, 3.63) is 48.3 Å². The van der Waals surface area contributed by atoms with E-state index in [1.54, 1.807) is 18.5 Å². The van der Waals surface area contributed by atoms with Gasteiger partial charge >= 0.3 is 0 Å². The predicted octanol–water partition coefficient (Wildman–Crippen LogP) is 1.81. The van der Waals surface area contributed by atoms with Crippen LogP contribution < -0.4 is 10.7 Å². The number of thiocarbonyl (C=S) groups is 1. The molecule has 0 aliphatic carbocycles. The van der Waals surface area contributed by atoms with E-state index in [1.165, 1.54) is 24.4 Å². The maximum atomic E-state index is 9.56. The van der Waals surface area contributed by atoms with E-state index in [2.05, 4.69) is 20.8 Å². The Hall–Kier alpha value is -2.67. The summed E-state index contributed by atoms with van der Waals surface area (Å²) >= 11 is 5.04. The zero-order chi connectivity index (χ0) is 14.4. The number of aromatic nitrogens is 1. The first-order valence-electron chi connectivity index (χ1n) is 5.67. The fraction of sp³-hybridized carbons (Fsp3) is 0. The Bertz CT molecular complexity index is 632. The zero-order valence-electron chi connectivity index (χ0n) is 10.3. The molecular weight excluding hydrogens is 276 g/mol. The van der Waals surface area contributed by atoms with Crippen LogP contribution in [0.25, 0.3) is 0 Å².